The highest BCUT2D eigenvalue weighted by Gasteiger charge is 2.24. The first-order valence-electron chi connectivity index (χ1n) is 8.24. The van der Waals surface area contributed by atoms with Crippen molar-refractivity contribution in [3.05, 3.63) is 48.0 Å². The first-order valence-corrected chi connectivity index (χ1v) is 8.24. The number of carboxylic acids is 1. The maximum absolute atomic E-state index is 12.1. The largest absolute Gasteiger partial charge is 0.480 e. The van der Waals surface area contributed by atoms with E-state index in [9.17, 15) is 14.7 Å². The van der Waals surface area contributed by atoms with Gasteiger partial charge in [0.2, 0.25) is 5.91 Å². The first kappa shape index (κ1) is 16.5. The van der Waals surface area contributed by atoms with Gasteiger partial charge >= 0.3 is 5.97 Å². The van der Waals surface area contributed by atoms with Crippen LogP contribution in [0.2, 0.25) is 0 Å². The van der Waals surface area contributed by atoms with Crippen molar-refractivity contribution >= 4 is 22.6 Å². The fourth-order valence-corrected chi connectivity index (χ4v) is 3.16. The third-order valence-electron chi connectivity index (χ3n) is 4.37. The van der Waals surface area contributed by atoms with E-state index in [-0.39, 0.29) is 24.9 Å². The highest BCUT2D eigenvalue weighted by Crippen LogP contribution is 2.20. The molecular weight excluding hydrogens is 306 g/mol. The molecular formula is C19H21NO4. The highest BCUT2D eigenvalue weighted by atomic mass is 16.5. The summed E-state index contributed by atoms with van der Waals surface area (Å²) in [7, 11) is 0. The lowest BCUT2D eigenvalue weighted by Crippen LogP contribution is -2.43. The van der Waals surface area contributed by atoms with Crippen molar-refractivity contribution in [1.29, 1.82) is 0 Å². The Morgan fingerprint density at radius 3 is 2.75 bits per heavy atom. The zero-order valence-corrected chi connectivity index (χ0v) is 13.4. The lowest BCUT2D eigenvalue weighted by molar-refractivity contribution is -0.142. The third kappa shape index (κ3) is 3.92. The predicted octanol–water partition coefficient (Wildman–Crippen LogP) is 2.52. The van der Waals surface area contributed by atoms with Crippen LogP contribution in [0, 0.1) is 0 Å². The summed E-state index contributed by atoms with van der Waals surface area (Å²) in [5.41, 5.74) is 0.915. The van der Waals surface area contributed by atoms with E-state index in [1.165, 1.54) is 0 Å². The average molecular weight is 327 g/mol. The molecule has 0 unspecified atom stereocenters. The number of amides is 1. The van der Waals surface area contributed by atoms with Crippen LogP contribution < -0.4 is 5.32 Å². The van der Waals surface area contributed by atoms with E-state index in [2.05, 4.69) is 5.32 Å². The maximum Gasteiger partial charge on any atom is 0.326 e. The van der Waals surface area contributed by atoms with Crippen LogP contribution >= 0.6 is 0 Å². The Morgan fingerprint density at radius 2 is 2.00 bits per heavy atom. The first-order chi connectivity index (χ1) is 11.6. The molecule has 0 aromatic heterocycles. The number of nitrogens with one attached hydrogen (secondary N) is 1. The Morgan fingerprint density at radius 1 is 1.21 bits per heavy atom. The molecule has 2 aromatic carbocycles. The monoisotopic (exact) mass is 327 g/mol. The molecule has 2 aromatic rings. The van der Waals surface area contributed by atoms with Gasteiger partial charge in [0, 0.05) is 13.0 Å². The van der Waals surface area contributed by atoms with Crippen LogP contribution in [0.4, 0.5) is 0 Å². The summed E-state index contributed by atoms with van der Waals surface area (Å²) < 4.78 is 5.43. The van der Waals surface area contributed by atoms with Crippen LogP contribution in [-0.2, 0) is 20.7 Å². The molecule has 0 aliphatic carbocycles. The van der Waals surface area contributed by atoms with Crippen LogP contribution in [0.5, 0.6) is 0 Å². The van der Waals surface area contributed by atoms with Crippen LogP contribution in [-0.4, -0.2) is 35.7 Å². The third-order valence-corrected chi connectivity index (χ3v) is 4.37. The lowest BCUT2D eigenvalue weighted by atomic mass is 9.98. The molecule has 0 spiro atoms. The van der Waals surface area contributed by atoms with E-state index in [0.29, 0.717) is 6.61 Å². The number of aliphatic carboxylic acids is 1. The van der Waals surface area contributed by atoms with Crippen molar-refractivity contribution in [1.82, 2.24) is 5.32 Å². The summed E-state index contributed by atoms with van der Waals surface area (Å²) in [6.07, 6.45) is 2.20. The number of rotatable bonds is 6. The number of benzene rings is 2. The topological polar surface area (TPSA) is 75.6 Å². The maximum atomic E-state index is 12.1. The van der Waals surface area contributed by atoms with E-state index in [1.54, 1.807) is 0 Å². The number of carboxylic acid groups (broad SMARTS) is 1. The van der Waals surface area contributed by atoms with Gasteiger partial charge in [-0.25, -0.2) is 4.79 Å². The summed E-state index contributed by atoms with van der Waals surface area (Å²) in [5, 5.41) is 14.2. The van der Waals surface area contributed by atoms with E-state index >= 15 is 0 Å². The van der Waals surface area contributed by atoms with E-state index in [4.69, 9.17) is 4.74 Å². The molecule has 1 aliphatic heterocycles. The number of fused-ring (bicyclic) bond motifs is 1. The Labute approximate surface area is 140 Å². The zero-order valence-electron chi connectivity index (χ0n) is 13.4. The van der Waals surface area contributed by atoms with Gasteiger partial charge in [-0.2, -0.15) is 0 Å². The van der Waals surface area contributed by atoms with Crippen molar-refractivity contribution in [2.75, 3.05) is 6.61 Å². The molecule has 24 heavy (non-hydrogen) atoms. The van der Waals surface area contributed by atoms with Gasteiger partial charge in [0.05, 0.1) is 12.5 Å². The van der Waals surface area contributed by atoms with Gasteiger partial charge in [-0.15, -0.1) is 0 Å². The van der Waals surface area contributed by atoms with Gasteiger partial charge in [-0.05, 0) is 29.2 Å². The van der Waals surface area contributed by atoms with Crippen molar-refractivity contribution in [2.24, 2.45) is 0 Å². The number of hydrogen-bond acceptors (Lipinski definition) is 3. The van der Waals surface area contributed by atoms with Crippen molar-refractivity contribution in [3.63, 3.8) is 0 Å². The van der Waals surface area contributed by atoms with Crippen LogP contribution in [0.1, 0.15) is 24.8 Å². The second-order valence-electron chi connectivity index (χ2n) is 6.14. The molecule has 5 heteroatoms. The molecule has 3 rings (SSSR count). The molecule has 0 radical (unpaired) electrons. The Bertz CT molecular complexity index is 732. The standard InChI is InChI=1S/C19H21NO4/c21-18(12-15-8-4-10-24-15)20-17(19(22)23)11-14-7-3-6-13-5-1-2-9-16(13)14/h1-3,5-7,9,15,17H,4,8,10-12H2,(H,20,21)(H,22,23)/t15-,17+/m0/s1. The summed E-state index contributed by atoms with van der Waals surface area (Å²) in [5.74, 6) is -1.29. The number of carbonyl (C=O) groups excluding carboxylic acids is 1. The van der Waals surface area contributed by atoms with E-state index in [1.807, 2.05) is 42.5 Å². The predicted molar refractivity (Wildman–Crippen MR) is 90.8 cm³/mol. The Hall–Kier alpha value is -2.40. The molecule has 0 bridgehead atoms. The van der Waals surface area contributed by atoms with Gasteiger partial charge in [0.1, 0.15) is 6.04 Å². The van der Waals surface area contributed by atoms with Gasteiger partial charge in [0.15, 0.2) is 0 Å². The second kappa shape index (κ2) is 7.45. The quantitative estimate of drug-likeness (QED) is 0.855. The summed E-state index contributed by atoms with van der Waals surface area (Å²) in [4.78, 5) is 23.7. The molecule has 2 N–H and O–H groups in total. The van der Waals surface area contributed by atoms with Crippen LogP contribution in [0.15, 0.2) is 42.5 Å². The molecule has 126 valence electrons. The van der Waals surface area contributed by atoms with Gasteiger partial charge in [-0.1, -0.05) is 42.5 Å². The minimum atomic E-state index is -1.02. The van der Waals surface area contributed by atoms with Crippen molar-refractivity contribution in [2.45, 2.75) is 37.8 Å². The van der Waals surface area contributed by atoms with Crippen LogP contribution in [0.25, 0.3) is 10.8 Å². The molecule has 2 atom stereocenters. The normalized spacial score (nSPS) is 18.4. The number of carbonyl (C=O) groups is 2. The fraction of sp³-hybridized carbons (Fsp3) is 0.368. The van der Waals surface area contributed by atoms with Crippen molar-refractivity contribution in [3.8, 4) is 0 Å². The molecule has 1 aliphatic rings. The molecule has 1 saturated heterocycles. The molecule has 5 nitrogen and oxygen atoms in total. The minimum Gasteiger partial charge on any atom is -0.480 e. The van der Waals surface area contributed by atoms with E-state index in [0.717, 1.165) is 29.2 Å². The smallest absolute Gasteiger partial charge is 0.326 e. The summed E-state index contributed by atoms with van der Waals surface area (Å²) >= 11 is 0. The molecule has 1 heterocycles. The van der Waals surface area contributed by atoms with Crippen molar-refractivity contribution < 1.29 is 19.4 Å². The Kier molecular flexibility index (Phi) is 5.11. The zero-order chi connectivity index (χ0) is 16.9. The highest BCUT2D eigenvalue weighted by molar-refractivity contribution is 5.88. The molecule has 0 saturated carbocycles. The van der Waals surface area contributed by atoms with Gasteiger partial charge in [0.25, 0.3) is 0 Å². The lowest BCUT2D eigenvalue weighted by Gasteiger charge is -2.17. The number of ether oxygens (including phenoxy) is 1. The number of hydrogen-bond donors (Lipinski definition) is 2. The van der Waals surface area contributed by atoms with Gasteiger partial charge < -0.3 is 15.2 Å². The van der Waals surface area contributed by atoms with Crippen LogP contribution in [0.3, 0.4) is 0 Å². The molecule has 1 fully saturated rings. The van der Waals surface area contributed by atoms with E-state index < -0.39 is 12.0 Å². The Balaban J connectivity index is 1.71. The second-order valence-corrected chi connectivity index (χ2v) is 6.14. The minimum absolute atomic E-state index is 0.0861. The summed E-state index contributed by atoms with van der Waals surface area (Å²) in [6, 6.07) is 12.7. The average Bonchev–Trinajstić information content (AvgIpc) is 3.07. The molecule has 1 amide bonds. The summed E-state index contributed by atoms with van der Waals surface area (Å²) in [6.45, 7) is 0.677. The SMILES string of the molecule is O=C(C[C@@H]1CCCO1)N[C@H](Cc1cccc2ccccc12)C(=O)O. The fourth-order valence-electron chi connectivity index (χ4n) is 3.16. The van der Waals surface area contributed by atoms with Gasteiger partial charge in [-0.3, -0.25) is 4.79 Å².